The zero-order valence-corrected chi connectivity index (χ0v) is 20.8. The van der Waals surface area contributed by atoms with Gasteiger partial charge < -0.3 is 4.90 Å². The van der Waals surface area contributed by atoms with Gasteiger partial charge in [-0.25, -0.2) is 0 Å². The maximum atomic E-state index is 13.4. The SMILES string of the molecule is Cc1ccccc1-n1c(SCC(=O)N(Cc2ccccc2)C(C)(C)C)nnc1-c1ccncc1. The number of rotatable bonds is 7. The highest BCUT2D eigenvalue weighted by Crippen LogP contribution is 2.30. The van der Waals surface area contributed by atoms with Crippen LogP contribution < -0.4 is 0 Å². The lowest BCUT2D eigenvalue weighted by molar-refractivity contribution is -0.133. The number of carbonyl (C=O) groups is 1. The summed E-state index contributed by atoms with van der Waals surface area (Å²) in [7, 11) is 0. The van der Waals surface area contributed by atoms with Crippen LogP contribution in [0.1, 0.15) is 31.9 Å². The molecular weight excluding hydrogens is 442 g/mol. The maximum Gasteiger partial charge on any atom is 0.233 e. The molecule has 7 heteroatoms. The lowest BCUT2D eigenvalue weighted by atomic mass is 10.0. The van der Waals surface area contributed by atoms with Gasteiger partial charge in [-0.1, -0.05) is 60.3 Å². The molecule has 2 aromatic heterocycles. The van der Waals surface area contributed by atoms with Crippen molar-refractivity contribution >= 4 is 17.7 Å². The van der Waals surface area contributed by atoms with Crippen LogP contribution in [0, 0.1) is 6.92 Å². The van der Waals surface area contributed by atoms with E-state index in [-0.39, 0.29) is 17.2 Å². The molecule has 0 spiro atoms. The first-order chi connectivity index (χ1) is 16.3. The average Bonchev–Trinajstić information content (AvgIpc) is 3.25. The quantitative estimate of drug-likeness (QED) is 0.330. The summed E-state index contributed by atoms with van der Waals surface area (Å²) in [5.41, 5.74) is 3.82. The van der Waals surface area contributed by atoms with Crippen molar-refractivity contribution in [2.75, 3.05) is 5.75 Å². The fourth-order valence-corrected chi connectivity index (χ4v) is 4.57. The summed E-state index contributed by atoms with van der Waals surface area (Å²) in [4.78, 5) is 19.4. The third kappa shape index (κ3) is 5.37. The van der Waals surface area contributed by atoms with Gasteiger partial charge >= 0.3 is 0 Å². The lowest BCUT2D eigenvalue weighted by Gasteiger charge is -2.36. The van der Waals surface area contributed by atoms with Gasteiger partial charge in [-0.15, -0.1) is 10.2 Å². The van der Waals surface area contributed by atoms with Crippen LogP contribution in [0.15, 0.2) is 84.3 Å². The Bertz CT molecular complexity index is 1250. The van der Waals surface area contributed by atoms with Gasteiger partial charge in [0.15, 0.2) is 11.0 Å². The van der Waals surface area contributed by atoms with E-state index in [1.165, 1.54) is 11.8 Å². The fraction of sp³-hybridized carbons (Fsp3) is 0.259. The molecule has 0 aliphatic carbocycles. The summed E-state index contributed by atoms with van der Waals surface area (Å²) < 4.78 is 2.03. The number of benzene rings is 2. The Labute approximate surface area is 205 Å². The minimum absolute atomic E-state index is 0.0612. The first kappa shape index (κ1) is 23.7. The standard InChI is InChI=1S/C27H29N5OS/c1-20-10-8-9-13-23(20)32-25(22-14-16-28-17-15-22)29-30-26(32)34-19-24(33)31(27(2,3)4)18-21-11-6-5-7-12-21/h5-17H,18-19H2,1-4H3. The fourth-order valence-electron chi connectivity index (χ4n) is 3.75. The van der Waals surface area contributed by atoms with E-state index in [1.807, 2.05) is 58.0 Å². The monoisotopic (exact) mass is 471 g/mol. The Balaban J connectivity index is 1.63. The largest absolute Gasteiger partial charge is 0.333 e. The van der Waals surface area contributed by atoms with Crippen LogP contribution in [0.3, 0.4) is 0 Å². The summed E-state index contributed by atoms with van der Waals surface area (Å²) in [6.07, 6.45) is 3.49. The molecule has 0 aliphatic heterocycles. The van der Waals surface area contributed by atoms with Gasteiger partial charge in [0, 0.05) is 30.0 Å². The summed E-state index contributed by atoms with van der Waals surface area (Å²) >= 11 is 1.41. The number of carbonyl (C=O) groups excluding carboxylic acids is 1. The summed E-state index contributed by atoms with van der Waals surface area (Å²) in [5.74, 6) is 1.06. The first-order valence-electron chi connectivity index (χ1n) is 11.2. The van der Waals surface area contributed by atoms with Gasteiger partial charge in [0.25, 0.3) is 0 Å². The maximum absolute atomic E-state index is 13.4. The highest BCUT2D eigenvalue weighted by molar-refractivity contribution is 7.99. The first-order valence-corrected chi connectivity index (χ1v) is 12.2. The number of pyridine rings is 1. The predicted octanol–water partition coefficient (Wildman–Crippen LogP) is 5.56. The molecule has 4 aromatic rings. The van der Waals surface area contributed by atoms with E-state index in [1.54, 1.807) is 12.4 Å². The van der Waals surface area contributed by atoms with E-state index in [2.05, 4.69) is 61.1 Å². The van der Waals surface area contributed by atoms with Crippen molar-refractivity contribution in [3.63, 3.8) is 0 Å². The van der Waals surface area contributed by atoms with Crippen LogP contribution in [0.4, 0.5) is 0 Å². The second-order valence-corrected chi connectivity index (χ2v) is 10.0. The Morgan fingerprint density at radius 1 is 0.941 bits per heavy atom. The molecule has 0 bridgehead atoms. The van der Waals surface area contributed by atoms with E-state index < -0.39 is 0 Å². The van der Waals surface area contributed by atoms with Crippen LogP contribution in [0.25, 0.3) is 17.1 Å². The number of para-hydroxylation sites is 1. The number of hydrogen-bond acceptors (Lipinski definition) is 5. The van der Waals surface area contributed by atoms with Crippen LogP contribution in [-0.2, 0) is 11.3 Å². The molecule has 0 radical (unpaired) electrons. The van der Waals surface area contributed by atoms with Gasteiger partial charge in [-0.3, -0.25) is 14.3 Å². The molecular formula is C27H29N5OS. The molecule has 174 valence electrons. The van der Waals surface area contributed by atoms with E-state index in [4.69, 9.17) is 0 Å². The number of thioether (sulfide) groups is 1. The third-order valence-corrected chi connectivity index (χ3v) is 6.46. The van der Waals surface area contributed by atoms with Crippen molar-refractivity contribution in [3.8, 4) is 17.1 Å². The van der Waals surface area contributed by atoms with Gasteiger partial charge in [0.1, 0.15) is 0 Å². The second-order valence-electron chi connectivity index (χ2n) is 9.09. The Morgan fingerprint density at radius 2 is 1.62 bits per heavy atom. The van der Waals surface area contributed by atoms with Gasteiger partial charge in [0.2, 0.25) is 5.91 Å². The molecule has 0 aliphatic rings. The van der Waals surface area contributed by atoms with E-state index in [0.29, 0.717) is 11.7 Å². The van der Waals surface area contributed by atoms with Crippen LogP contribution in [0.2, 0.25) is 0 Å². The average molecular weight is 472 g/mol. The molecule has 0 atom stereocenters. The van der Waals surface area contributed by atoms with E-state index in [9.17, 15) is 4.79 Å². The van der Waals surface area contributed by atoms with E-state index in [0.717, 1.165) is 28.2 Å². The minimum atomic E-state index is -0.306. The number of nitrogens with zero attached hydrogens (tertiary/aromatic N) is 5. The summed E-state index contributed by atoms with van der Waals surface area (Å²) in [6, 6.07) is 22.0. The normalized spacial score (nSPS) is 11.4. The number of aryl methyl sites for hydroxylation is 1. The zero-order valence-electron chi connectivity index (χ0n) is 20.0. The Kier molecular flexibility index (Phi) is 7.12. The minimum Gasteiger partial charge on any atom is -0.333 e. The van der Waals surface area contributed by atoms with Gasteiger partial charge in [-0.05, 0) is 57.0 Å². The summed E-state index contributed by atoms with van der Waals surface area (Å²) in [6.45, 7) is 8.82. The Hall–Kier alpha value is -3.45. The second kappa shape index (κ2) is 10.2. The molecule has 0 saturated carbocycles. The van der Waals surface area contributed by atoms with Crippen LogP contribution in [-0.4, -0.2) is 41.8 Å². The highest BCUT2D eigenvalue weighted by atomic mass is 32.2. The van der Waals surface area contributed by atoms with Gasteiger partial charge in [-0.2, -0.15) is 0 Å². The molecule has 0 saturated heterocycles. The van der Waals surface area contributed by atoms with Crippen molar-refractivity contribution in [3.05, 3.63) is 90.3 Å². The van der Waals surface area contributed by atoms with Crippen molar-refractivity contribution < 1.29 is 4.79 Å². The molecule has 34 heavy (non-hydrogen) atoms. The van der Waals surface area contributed by atoms with Crippen molar-refractivity contribution in [1.82, 2.24) is 24.6 Å². The van der Waals surface area contributed by atoms with Crippen LogP contribution in [0.5, 0.6) is 0 Å². The molecule has 0 fully saturated rings. The smallest absolute Gasteiger partial charge is 0.233 e. The van der Waals surface area contributed by atoms with Gasteiger partial charge in [0.05, 0.1) is 11.4 Å². The third-order valence-electron chi connectivity index (χ3n) is 5.55. The molecule has 4 rings (SSSR count). The molecule has 0 unspecified atom stereocenters. The number of aromatic nitrogens is 4. The Morgan fingerprint density at radius 3 is 2.29 bits per heavy atom. The molecule has 2 heterocycles. The molecule has 6 nitrogen and oxygen atoms in total. The zero-order chi connectivity index (χ0) is 24.1. The molecule has 1 amide bonds. The van der Waals surface area contributed by atoms with E-state index >= 15 is 0 Å². The predicted molar refractivity (Wildman–Crippen MR) is 137 cm³/mol. The topological polar surface area (TPSA) is 63.9 Å². The molecule has 2 aromatic carbocycles. The summed E-state index contributed by atoms with van der Waals surface area (Å²) in [5, 5.41) is 9.64. The molecule has 0 N–H and O–H groups in total. The highest BCUT2D eigenvalue weighted by Gasteiger charge is 2.27. The number of hydrogen-bond donors (Lipinski definition) is 0. The van der Waals surface area contributed by atoms with Crippen molar-refractivity contribution in [2.45, 2.75) is 44.9 Å². The van der Waals surface area contributed by atoms with Crippen molar-refractivity contribution in [1.29, 1.82) is 0 Å². The lowest BCUT2D eigenvalue weighted by Crippen LogP contribution is -2.45. The number of amides is 1. The van der Waals surface area contributed by atoms with Crippen molar-refractivity contribution in [2.24, 2.45) is 0 Å². The van der Waals surface area contributed by atoms with Crippen LogP contribution >= 0.6 is 11.8 Å².